The normalized spacial score (nSPS) is 13.6. The van der Waals surface area contributed by atoms with Gasteiger partial charge >= 0.3 is 0 Å². The number of hydrogen-bond acceptors (Lipinski definition) is 4. The SMILES string of the molecule is COc1ccc(Cl)cc1S(=O)(=O)Nc1ccc2c(c1)CCC(=O)N2Cc1ccccc1. The first kappa shape index (κ1) is 21.2. The highest BCUT2D eigenvalue weighted by Gasteiger charge is 2.26. The second-order valence-electron chi connectivity index (χ2n) is 7.21. The van der Waals surface area contributed by atoms with E-state index in [1.54, 1.807) is 29.2 Å². The molecule has 4 rings (SSSR count). The van der Waals surface area contributed by atoms with Crippen molar-refractivity contribution in [2.24, 2.45) is 0 Å². The van der Waals surface area contributed by atoms with Crippen LogP contribution >= 0.6 is 11.6 Å². The Kier molecular flexibility index (Phi) is 5.89. The van der Waals surface area contributed by atoms with Crippen LogP contribution in [0.15, 0.2) is 71.6 Å². The molecule has 0 aromatic heterocycles. The van der Waals surface area contributed by atoms with Crippen LogP contribution in [0.5, 0.6) is 5.75 Å². The minimum Gasteiger partial charge on any atom is -0.495 e. The van der Waals surface area contributed by atoms with Crippen molar-refractivity contribution in [3.05, 3.63) is 82.9 Å². The number of amides is 1. The Balaban J connectivity index is 1.63. The predicted octanol–water partition coefficient (Wildman–Crippen LogP) is 4.63. The highest BCUT2D eigenvalue weighted by atomic mass is 35.5. The molecule has 0 bridgehead atoms. The van der Waals surface area contributed by atoms with Crippen molar-refractivity contribution < 1.29 is 17.9 Å². The van der Waals surface area contributed by atoms with Gasteiger partial charge in [0.2, 0.25) is 5.91 Å². The van der Waals surface area contributed by atoms with Crippen molar-refractivity contribution in [1.29, 1.82) is 0 Å². The van der Waals surface area contributed by atoms with Crippen LogP contribution in [0.25, 0.3) is 0 Å². The molecule has 1 aliphatic rings. The zero-order valence-corrected chi connectivity index (χ0v) is 18.4. The molecule has 0 unspecified atom stereocenters. The van der Waals surface area contributed by atoms with E-state index in [0.29, 0.717) is 30.1 Å². The quantitative estimate of drug-likeness (QED) is 0.586. The van der Waals surface area contributed by atoms with Crippen molar-refractivity contribution >= 4 is 38.9 Å². The molecule has 0 aliphatic carbocycles. The largest absolute Gasteiger partial charge is 0.495 e. The third-order valence-electron chi connectivity index (χ3n) is 5.13. The Morgan fingerprint density at radius 2 is 1.81 bits per heavy atom. The molecule has 3 aromatic rings. The monoisotopic (exact) mass is 456 g/mol. The molecule has 1 heterocycles. The molecule has 1 aliphatic heterocycles. The van der Waals surface area contributed by atoms with Gasteiger partial charge in [-0.15, -0.1) is 0 Å². The number of hydrogen-bond donors (Lipinski definition) is 1. The van der Waals surface area contributed by atoms with Crippen molar-refractivity contribution in [1.82, 2.24) is 0 Å². The molecular formula is C23H21ClN2O4S. The topological polar surface area (TPSA) is 75.7 Å². The number of ether oxygens (including phenoxy) is 1. The van der Waals surface area contributed by atoms with Gasteiger partial charge in [0, 0.05) is 22.8 Å². The number of halogens is 1. The second-order valence-corrected chi connectivity index (χ2v) is 9.30. The van der Waals surface area contributed by atoms with E-state index in [1.807, 2.05) is 30.3 Å². The number of rotatable bonds is 6. The number of anilines is 2. The minimum atomic E-state index is -3.92. The summed E-state index contributed by atoms with van der Waals surface area (Å²) in [4.78, 5) is 14.3. The number of nitrogens with one attached hydrogen (secondary N) is 1. The summed E-state index contributed by atoms with van der Waals surface area (Å²) in [6.45, 7) is 0.470. The fourth-order valence-corrected chi connectivity index (χ4v) is 5.12. The van der Waals surface area contributed by atoms with E-state index < -0.39 is 10.0 Å². The number of fused-ring (bicyclic) bond motifs is 1. The van der Waals surface area contributed by atoms with Crippen LogP contribution in [0.1, 0.15) is 17.5 Å². The molecular weight excluding hydrogens is 436 g/mol. The molecule has 8 heteroatoms. The highest BCUT2D eigenvalue weighted by molar-refractivity contribution is 7.92. The van der Waals surface area contributed by atoms with Crippen LogP contribution in [0.2, 0.25) is 5.02 Å². The van der Waals surface area contributed by atoms with Gasteiger partial charge in [0.15, 0.2) is 0 Å². The molecule has 0 fully saturated rings. The fourth-order valence-electron chi connectivity index (χ4n) is 3.63. The summed E-state index contributed by atoms with van der Waals surface area (Å²) in [5, 5.41) is 0.293. The predicted molar refractivity (Wildman–Crippen MR) is 121 cm³/mol. The van der Waals surface area contributed by atoms with Gasteiger partial charge in [0.1, 0.15) is 10.6 Å². The van der Waals surface area contributed by atoms with Gasteiger partial charge in [-0.05, 0) is 53.9 Å². The Labute approximate surface area is 186 Å². The van der Waals surface area contributed by atoms with Crippen LogP contribution < -0.4 is 14.4 Å². The lowest BCUT2D eigenvalue weighted by Gasteiger charge is -2.30. The van der Waals surface area contributed by atoms with E-state index >= 15 is 0 Å². The average Bonchev–Trinajstić information content (AvgIpc) is 2.76. The molecule has 0 saturated carbocycles. The zero-order valence-electron chi connectivity index (χ0n) is 16.8. The molecule has 31 heavy (non-hydrogen) atoms. The van der Waals surface area contributed by atoms with Gasteiger partial charge in [-0.2, -0.15) is 0 Å². The molecule has 0 saturated heterocycles. The molecule has 1 amide bonds. The standard InChI is InChI=1S/C23H21ClN2O4S/c1-30-21-11-8-18(24)14-22(21)31(28,29)25-19-9-10-20-17(13-19)7-12-23(27)26(20)15-16-5-3-2-4-6-16/h2-6,8-11,13-14,25H,7,12,15H2,1H3. The average molecular weight is 457 g/mol. The summed E-state index contributed by atoms with van der Waals surface area (Å²) >= 11 is 5.99. The zero-order chi connectivity index (χ0) is 22.0. The summed E-state index contributed by atoms with van der Waals surface area (Å²) in [6, 6.07) is 19.4. The number of aryl methyl sites for hydroxylation is 1. The van der Waals surface area contributed by atoms with E-state index in [9.17, 15) is 13.2 Å². The summed E-state index contributed by atoms with van der Waals surface area (Å²) in [7, 11) is -2.52. The second kappa shape index (κ2) is 8.61. The molecule has 0 spiro atoms. The summed E-state index contributed by atoms with van der Waals surface area (Å²) < 4.78 is 33.7. The van der Waals surface area contributed by atoms with E-state index in [4.69, 9.17) is 16.3 Å². The number of benzene rings is 3. The lowest BCUT2D eigenvalue weighted by Crippen LogP contribution is -2.34. The summed E-state index contributed by atoms with van der Waals surface area (Å²) in [5.41, 5.74) is 3.15. The van der Waals surface area contributed by atoms with Crippen LogP contribution in [0, 0.1) is 0 Å². The molecule has 0 radical (unpaired) electrons. The Bertz CT molecular complexity index is 1230. The molecule has 160 valence electrons. The third kappa shape index (κ3) is 4.52. The number of carbonyl (C=O) groups is 1. The van der Waals surface area contributed by atoms with Crippen molar-refractivity contribution in [3.63, 3.8) is 0 Å². The van der Waals surface area contributed by atoms with Gasteiger partial charge in [-0.1, -0.05) is 41.9 Å². The minimum absolute atomic E-state index is 0.0406. The number of carbonyl (C=O) groups excluding carboxylic acids is 1. The highest BCUT2D eigenvalue weighted by Crippen LogP contribution is 2.33. The van der Waals surface area contributed by atoms with Crippen LogP contribution in [-0.4, -0.2) is 21.4 Å². The Morgan fingerprint density at radius 3 is 2.55 bits per heavy atom. The fraction of sp³-hybridized carbons (Fsp3) is 0.174. The van der Waals surface area contributed by atoms with Crippen LogP contribution in [-0.2, 0) is 27.8 Å². The van der Waals surface area contributed by atoms with E-state index in [1.165, 1.54) is 19.2 Å². The van der Waals surface area contributed by atoms with Gasteiger partial charge in [-0.25, -0.2) is 8.42 Å². The van der Waals surface area contributed by atoms with Gasteiger partial charge in [-0.3, -0.25) is 9.52 Å². The van der Waals surface area contributed by atoms with Gasteiger partial charge in [0.25, 0.3) is 10.0 Å². The van der Waals surface area contributed by atoms with E-state index in [2.05, 4.69) is 4.72 Å². The lowest BCUT2D eigenvalue weighted by molar-refractivity contribution is -0.119. The number of nitrogens with zero attached hydrogens (tertiary/aromatic N) is 1. The first-order chi connectivity index (χ1) is 14.9. The van der Waals surface area contributed by atoms with Gasteiger partial charge < -0.3 is 9.64 Å². The lowest BCUT2D eigenvalue weighted by atomic mass is 10.00. The number of methoxy groups -OCH3 is 1. The smallest absolute Gasteiger partial charge is 0.265 e. The van der Waals surface area contributed by atoms with Crippen molar-refractivity contribution in [2.45, 2.75) is 24.3 Å². The maximum absolute atomic E-state index is 12.9. The molecule has 0 atom stereocenters. The van der Waals surface area contributed by atoms with E-state index in [-0.39, 0.29) is 16.6 Å². The van der Waals surface area contributed by atoms with Crippen molar-refractivity contribution in [2.75, 3.05) is 16.7 Å². The summed E-state index contributed by atoms with van der Waals surface area (Å²) in [5.74, 6) is 0.253. The third-order valence-corrected chi connectivity index (χ3v) is 6.77. The Morgan fingerprint density at radius 1 is 1.03 bits per heavy atom. The van der Waals surface area contributed by atoms with E-state index in [0.717, 1.165) is 16.8 Å². The summed E-state index contributed by atoms with van der Waals surface area (Å²) in [6.07, 6.45) is 0.924. The maximum Gasteiger partial charge on any atom is 0.265 e. The number of sulfonamides is 1. The molecule has 6 nitrogen and oxygen atoms in total. The van der Waals surface area contributed by atoms with Crippen LogP contribution in [0.3, 0.4) is 0 Å². The molecule has 1 N–H and O–H groups in total. The van der Waals surface area contributed by atoms with Gasteiger partial charge in [0.05, 0.1) is 13.7 Å². The van der Waals surface area contributed by atoms with Crippen LogP contribution in [0.4, 0.5) is 11.4 Å². The first-order valence-corrected chi connectivity index (χ1v) is 11.6. The molecule has 3 aromatic carbocycles. The maximum atomic E-state index is 12.9. The first-order valence-electron chi connectivity index (χ1n) is 9.71. The van der Waals surface area contributed by atoms with Crippen molar-refractivity contribution in [3.8, 4) is 5.75 Å². The Hall–Kier alpha value is -3.03.